The van der Waals surface area contributed by atoms with Crippen molar-refractivity contribution in [2.75, 3.05) is 0 Å². The summed E-state index contributed by atoms with van der Waals surface area (Å²) in [5, 5.41) is 3.27. The van der Waals surface area contributed by atoms with Gasteiger partial charge in [0, 0.05) is 24.5 Å². The van der Waals surface area contributed by atoms with Crippen molar-refractivity contribution in [3.8, 4) is 0 Å². The van der Waals surface area contributed by atoms with Gasteiger partial charge in [-0.1, -0.05) is 18.2 Å². The molecule has 0 saturated heterocycles. The fraction of sp³-hybridized carbons (Fsp3) is 0.312. The van der Waals surface area contributed by atoms with Gasteiger partial charge in [-0.05, 0) is 43.2 Å². The first kappa shape index (κ1) is 15.5. The second-order valence-electron chi connectivity index (χ2n) is 5.03. The molecule has 1 heterocycles. The number of aromatic nitrogens is 1. The molecule has 0 aliphatic heterocycles. The van der Waals surface area contributed by atoms with Crippen LogP contribution in [-0.4, -0.2) is 4.98 Å². The van der Waals surface area contributed by atoms with Gasteiger partial charge in [0.15, 0.2) is 0 Å². The highest BCUT2D eigenvalue weighted by molar-refractivity contribution is 5.26. The summed E-state index contributed by atoms with van der Waals surface area (Å²) < 4.78 is 37.5. The molecule has 1 unspecified atom stereocenters. The fourth-order valence-electron chi connectivity index (χ4n) is 1.95. The first-order valence-electron chi connectivity index (χ1n) is 6.68. The molecule has 0 bridgehead atoms. The van der Waals surface area contributed by atoms with Gasteiger partial charge in [-0.3, -0.25) is 4.98 Å². The smallest absolute Gasteiger partial charge is 0.306 e. The van der Waals surface area contributed by atoms with Gasteiger partial charge in [0.25, 0.3) is 0 Å². The number of pyridine rings is 1. The molecular formula is C16H17F3N2. The van der Waals surface area contributed by atoms with Gasteiger partial charge in [0.05, 0.1) is 5.56 Å². The molecule has 1 N–H and O–H groups in total. The molecule has 1 aromatic heterocycles. The number of nitrogens with zero attached hydrogens (tertiary/aromatic N) is 1. The molecule has 21 heavy (non-hydrogen) atoms. The standard InChI is InChI=1S/C16H17F3N2/c1-11-3-4-13(9-20-11)10-21-12(2)14-5-7-15(8-6-14)16(17,18)19/h3-9,12,21H,10H2,1-2H3. The van der Waals surface area contributed by atoms with Gasteiger partial charge in [-0.25, -0.2) is 0 Å². The minimum atomic E-state index is -4.29. The Bertz CT molecular complexity index is 574. The van der Waals surface area contributed by atoms with Crippen molar-refractivity contribution >= 4 is 0 Å². The van der Waals surface area contributed by atoms with Crippen molar-refractivity contribution < 1.29 is 13.2 Å². The van der Waals surface area contributed by atoms with Crippen LogP contribution in [0, 0.1) is 6.92 Å². The third kappa shape index (κ3) is 4.29. The highest BCUT2D eigenvalue weighted by Crippen LogP contribution is 2.29. The first-order chi connectivity index (χ1) is 9.86. The topological polar surface area (TPSA) is 24.9 Å². The summed E-state index contributed by atoms with van der Waals surface area (Å²) in [5.74, 6) is 0. The number of rotatable bonds is 4. The van der Waals surface area contributed by atoms with Gasteiger partial charge in [-0.2, -0.15) is 13.2 Å². The zero-order valence-corrected chi connectivity index (χ0v) is 11.9. The number of aryl methyl sites for hydroxylation is 1. The van der Waals surface area contributed by atoms with Gasteiger partial charge in [-0.15, -0.1) is 0 Å². The van der Waals surface area contributed by atoms with E-state index in [1.54, 1.807) is 6.20 Å². The number of alkyl halides is 3. The molecule has 1 atom stereocenters. The Morgan fingerprint density at radius 3 is 2.29 bits per heavy atom. The van der Waals surface area contributed by atoms with Crippen molar-refractivity contribution in [2.45, 2.75) is 32.6 Å². The number of hydrogen-bond donors (Lipinski definition) is 1. The second-order valence-corrected chi connectivity index (χ2v) is 5.03. The third-order valence-electron chi connectivity index (χ3n) is 3.32. The van der Waals surface area contributed by atoms with E-state index in [9.17, 15) is 13.2 Å². The van der Waals surface area contributed by atoms with Crippen LogP contribution in [-0.2, 0) is 12.7 Å². The summed E-state index contributed by atoms with van der Waals surface area (Å²) in [5.41, 5.74) is 2.19. The molecule has 2 rings (SSSR count). The van der Waals surface area contributed by atoms with Crippen LogP contribution in [0.25, 0.3) is 0 Å². The Morgan fingerprint density at radius 2 is 1.76 bits per heavy atom. The normalized spacial score (nSPS) is 13.2. The van der Waals surface area contributed by atoms with Crippen LogP contribution in [0.15, 0.2) is 42.6 Å². The number of nitrogens with one attached hydrogen (secondary N) is 1. The summed E-state index contributed by atoms with van der Waals surface area (Å²) in [4.78, 5) is 4.20. The third-order valence-corrected chi connectivity index (χ3v) is 3.32. The van der Waals surface area contributed by atoms with Gasteiger partial charge in [0.1, 0.15) is 0 Å². The van der Waals surface area contributed by atoms with Crippen LogP contribution in [0.2, 0.25) is 0 Å². The molecule has 0 amide bonds. The van der Waals surface area contributed by atoms with E-state index < -0.39 is 11.7 Å². The van der Waals surface area contributed by atoms with Gasteiger partial charge < -0.3 is 5.32 Å². The van der Waals surface area contributed by atoms with E-state index in [4.69, 9.17) is 0 Å². The Morgan fingerprint density at radius 1 is 1.10 bits per heavy atom. The van der Waals surface area contributed by atoms with E-state index in [0.717, 1.165) is 29.0 Å². The lowest BCUT2D eigenvalue weighted by molar-refractivity contribution is -0.137. The van der Waals surface area contributed by atoms with E-state index >= 15 is 0 Å². The summed E-state index contributed by atoms with van der Waals surface area (Å²) in [6.07, 6.45) is -2.50. The summed E-state index contributed by atoms with van der Waals surface area (Å²) in [6, 6.07) is 9.12. The van der Waals surface area contributed by atoms with Crippen LogP contribution in [0.3, 0.4) is 0 Å². The molecule has 0 aliphatic rings. The molecule has 1 aromatic carbocycles. The zero-order chi connectivity index (χ0) is 15.5. The monoisotopic (exact) mass is 294 g/mol. The lowest BCUT2D eigenvalue weighted by Gasteiger charge is -2.15. The van der Waals surface area contributed by atoms with Crippen molar-refractivity contribution in [1.29, 1.82) is 0 Å². The van der Waals surface area contributed by atoms with Crippen LogP contribution in [0.4, 0.5) is 13.2 Å². The SMILES string of the molecule is Cc1ccc(CNC(C)c2ccc(C(F)(F)F)cc2)cn1. The van der Waals surface area contributed by atoms with Gasteiger partial charge in [0.2, 0.25) is 0 Å². The largest absolute Gasteiger partial charge is 0.416 e. The average molecular weight is 294 g/mol. The van der Waals surface area contributed by atoms with Crippen molar-refractivity contribution in [1.82, 2.24) is 10.3 Å². The lowest BCUT2D eigenvalue weighted by atomic mass is 10.1. The molecule has 0 fully saturated rings. The molecule has 0 radical (unpaired) electrons. The molecular weight excluding hydrogens is 277 g/mol. The highest BCUT2D eigenvalue weighted by atomic mass is 19.4. The maximum Gasteiger partial charge on any atom is 0.416 e. The number of halogens is 3. The number of benzene rings is 1. The van der Waals surface area contributed by atoms with Crippen LogP contribution in [0.5, 0.6) is 0 Å². The fourth-order valence-corrected chi connectivity index (χ4v) is 1.95. The Balaban J connectivity index is 1.97. The van der Waals surface area contributed by atoms with Gasteiger partial charge >= 0.3 is 6.18 Å². The summed E-state index contributed by atoms with van der Waals surface area (Å²) in [6.45, 7) is 4.46. The summed E-state index contributed by atoms with van der Waals surface area (Å²) >= 11 is 0. The minimum Gasteiger partial charge on any atom is -0.306 e. The Labute approximate surface area is 122 Å². The molecule has 112 valence electrons. The van der Waals surface area contributed by atoms with Crippen molar-refractivity contribution in [3.05, 3.63) is 65.0 Å². The second kappa shape index (κ2) is 6.26. The Hall–Kier alpha value is -1.88. The van der Waals surface area contributed by atoms with Crippen molar-refractivity contribution in [3.63, 3.8) is 0 Å². The predicted molar refractivity (Wildman–Crippen MR) is 75.7 cm³/mol. The number of hydrogen-bond acceptors (Lipinski definition) is 2. The molecule has 0 saturated carbocycles. The molecule has 2 aromatic rings. The highest BCUT2D eigenvalue weighted by Gasteiger charge is 2.30. The minimum absolute atomic E-state index is 0.0337. The van der Waals surface area contributed by atoms with E-state index in [1.165, 1.54) is 12.1 Å². The van der Waals surface area contributed by atoms with E-state index in [1.807, 2.05) is 26.0 Å². The summed E-state index contributed by atoms with van der Waals surface area (Å²) in [7, 11) is 0. The zero-order valence-electron chi connectivity index (χ0n) is 11.9. The van der Waals surface area contributed by atoms with E-state index in [0.29, 0.717) is 6.54 Å². The maximum atomic E-state index is 12.5. The molecule has 2 nitrogen and oxygen atoms in total. The quantitative estimate of drug-likeness (QED) is 0.911. The molecule has 5 heteroatoms. The first-order valence-corrected chi connectivity index (χ1v) is 6.68. The molecule has 0 spiro atoms. The van der Waals surface area contributed by atoms with E-state index in [2.05, 4.69) is 10.3 Å². The van der Waals surface area contributed by atoms with Crippen LogP contribution in [0.1, 0.15) is 35.3 Å². The van der Waals surface area contributed by atoms with E-state index in [-0.39, 0.29) is 6.04 Å². The Kier molecular flexibility index (Phi) is 4.63. The van der Waals surface area contributed by atoms with Crippen LogP contribution < -0.4 is 5.32 Å². The van der Waals surface area contributed by atoms with Crippen LogP contribution >= 0.6 is 0 Å². The molecule has 0 aliphatic carbocycles. The maximum absolute atomic E-state index is 12.5. The lowest BCUT2D eigenvalue weighted by Crippen LogP contribution is -2.18. The predicted octanol–water partition coefficient (Wildman–Crippen LogP) is 4.26. The van der Waals surface area contributed by atoms with Crippen molar-refractivity contribution in [2.24, 2.45) is 0 Å². The average Bonchev–Trinajstić information content (AvgIpc) is 2.45.